The van der Waals surface area contributed by atoms with Crippen molar-refractivity contribution in [2.75, 3.05) is 30.8 Å². The average Bonchev–Trinajstić information content (AvgIpc) is 3.38. The number of nitrogens with zero attached hydrogens (tertiary/aromatic N) is 4. The highest BCUT2D eigenvalue weighted by Gasteiger charge is 2.37. The number of hydrogen-bond donors (Lipinski definition) is 2. The van der Waals surface area contributed by atoms with Gasteiger partial charge in [0, 0.05) is 36.1 Å². The Bertz CT molecular complexity index is 1460. The highest BCUT2D eigenvalue weighted by molar-refractivity contribution is 7.22. The number of piperazine rings is 1. The summed E-state index contributed by atoms with van der Waals surface area (Å²) in [5, 5.41) is 3.86. The third-order valence-electron chi connectivity index (χ3n) is 6.60. The lowest BCUT2D eigenvalue weighted by Crippen LogP contribution is -2.51. The predicted molar refractivity (Wildman–Crippen MR) is 126 cm³/mol. The maximum atomic E-state index is 14.4. The fourth-order valence-electron chi connectivity index (χ4n) is 5.11. The number of halogens is 4. The van der Waals surface area contributed by atoms with Crippen molar-refractivity contribution in [2.24, 2.45) is 0 Å². The van der Waals surface area contributed by atoms with Gasteiger partial charge in [0.25, 0.3) is 0 Å². The van der Waals surface area contributed by atoms with Crippen molar-refractivity contribution in [1.29, 1.82) is 0 Å². The first-order chi connectivity index (χ1) is 16.7. The number of anilines is 2. The van der Waals surface area contributed by atoms with Crippen LogP contribution < -0.4 is 20.7 Å². The van der Waals surface area contributed by atoms with E-state index in [1.54, 1.807) is 0 Å². The summed E-state index contributed by atoms with van der Waals surface area (Å²) in [5.74, 6) is -0.184. The van der Waals surface area contributed by atoms with Gasteiger partial charge in [-0.2, -0.15) is 23.1 Å². The largest absolute Gasteiger partial charge is 0.467 e. The molecule has 2 aromatic carbocycles. The van der Waals surface area contributed by atoms with Crippen molar-refractivity contribution >= 4 is 43.4 Å². The van der Waals surface area contributed by atoms with Crippen LogP contribution in [0.5, 0.6) is 6.01 Å². The monoisotopic (exact) mass is 504 g/mol. The Labute approximate surface area is 200 Å². The molecule has 2 aromatic heterocycles. The third kappa shape index (κ3) is 3.71. The molecule has 7 nitrogen and oxygen atoms in total. The van der Waals surface area contributed by atoms with Gasteiger partial charge in [0.15, 0.2) is 5.13 Å². The molecule has 0 radical (unpaired) electrons. The van der Waals surface area contributed by atoms with Crippen molar-refractivity contribution in [3.63, 3.8) is 0 Å². The summed E-state index contributed by atoms with van der Waals surface area (Å²) in [7, 11) is 1.42. The number of aromatic nitrogens is 3. The Morgan fingerprint density at radius 1 is 1.09 bits per heavy atom. The molecule has 2 aliphatic rings. The lowest BCUT2D eigenvalue weighted by molar-refractivity contribution is -0.137. The number of hydrogen-bond acceptors (Lipinski definition) is 8. The second kappa shape index (κ2) is 7.89. The summed E-state index contributed by atoms with van der Waals surface area (Å²) in [6.45, 7) is 1.26. The van der Waals surface area contributed by atoms with Gasteiger partial charge in [0.1, 0.15) is 11.6 Å². The highest BCUT2D eigenvalue weighted by atomic mass is 32.1. The van der Waals surface area contributed by atoms with Crippen LogP contribution in [-0.2, 0) is 6.18 Å². The smallest absolute Gasteiger partial charge is 0.417 e. The lowest BCUT2D eigenvalue weighted by atomic mass is 9.96. The van der Waals surface area contributed by atoms with E-state index in [4.69, 9.17) is 10.5 Å². The summed E-state index contributed by atoms with van der Waals surface area (Å²) < 4.78 is 62.9. The lowest BCUT2D eigenvalue weighted by Gasteiger charge is -2.34. The zero-order chi connectivity index (χ0) is 24.5. The summed E-state index contributed by atoms with van der Waals surface area (Å²) >= 11 is 0.890. The van der Waals surface area contributed by atoms with Crippen LogP contribution in [0.4, 0.5) is 28.5 Å². The standard InChI is InChI=1S/C23H20F4N6OS/c1-34-22-30-17-7-13(12-4-5-16(24)19-18(12)31-21(28)35-19)15(23(25,26)27)6-14(17)20(32-22)33-8-10-2-3-11(9-33)29-10/h4-7,10-11,29H,2-3,8-9H2,1H3,(H2,28,31). The van der Waals surface area contributed by atoms with Crippen LogP contribution in [0.3, 0.4) is 0 Å². The number of thiazole rings is 1. The molecule has 4 heterocycles. The number of fused-ring (bicyclic) bond motifs is 4. The molecule has 0 aliphatic carbocycles. The van der Waals surface area contributed by atoms with E-state index in [-0.39, 0.29) is 50.0 Å². The van der Waals surface area contributed by atoms with Crippen LogP contribution >= 0.6 is 11.3 Å². The second-order valence-corrected chi connectivity index (χ2v) is 9.84. The van der Waals surface area contributed by atoms with E-state index in [9.17, 15) is 17.6 Å². The van der Waals surface area contributed by atoms with E-state index >= 15 is 0 Å². The van der Waals surface area contributed by atoms with Gasteiger partial charge in [-0.25, -0.2) is 9.37 Å². The Balaban J connectivity index is 1.62. The normalized spacial score (nSPS) is 20.2. The molecule has 2 bridgehead atoms. The zero-order valence-electron chi connectivity index (χ0n) is 18.5. The number of nitrogens with one attached hydrogen (secondary N) is 1. The minimum atomic E-state index is -4.69. The SMILES string of the molecule is COc1nc(N2CC3CCC(C2)N3)c2cc(C(F)(F)F)c(-c3ccc(F)c4sc(N)nc34)cc2n1. The van der Waals surface area contributed by atoms with Gasteiger partial charge in [-0.15, -0.1) is 0 Å². The first-order valence-electron chi connectivity index (χ1n) is 11.0. The van der Waals surface area contributed by atoms with Crippen molar-refractivity contribution in [2.45, 2.75) is 31.1 Å². The molecule has 4 aromatic rings. The van der Waals surface area contributed by atoms with Gasteiger partial charge in [0.05, 0.1) is 28.4 Å². The Morgan fingerprint density at radius 3 is 2.51 bits per heavy atom. The van der Waals surface area contributed by atoms with E-state index in [1.165, 1.54) is 19.2 Å². The van der Waals surface area contributed by atoms with Crippen LogP contribution in [0.1, 0.15) is 18.4 Å². The van der Waals surface area contributed by atoms with Crippen LogP contribution in [0.2, 0.25) is 0 Å². The molecule has 6 rings (SSSR count). The van der Waals surface area contributed by atoms with Gasteiger partial charge < -0.3 is 20.7 Å². The van der Waals surface area contributed by atoms with E-state index in [0.29, 0.717) is 24.4 Å². The molecule has 2 atom stereocenters. The van der Waals surface area contributed by atoms with E-state index in [1.807, 2.05) is 4.90 Å². The molecule has 0 spiro atoms. The van der Waals surface area contributed by atoms with E-state index < -0.39 is 17.6 Å². The number of benzene rings is 2. The molecule has 2 saturated heterocycles. The van der Waals surface area contributed by atoms with E-state index in [0.717, 1.165) is 36.3 Å². The van der Waals surface area contributed by atoms with Gasteiger partial charge >= 0.3 is 12.2 Å². The third-order valence-corrected chi connectivity index (χ3v) is 7.49. The van der Waals surface area contributed by atoms with Crippen molar-refractivity contribution < 1.29 is 22.3 Å². The predicted octanol–water partition coefficient (Wildman–Crippen LogP) is 4.60. The summed E-state index contributed by atoms with van der Waals surface area (Å²) in [4.78, 5) is 14.9. The summed E-state index contributed by atoms with van der Waals surface area (Å²) in [5.41, 5.74) is 5.22. The highest BCUT2D eigenvalue weighted by Crippen LogP contribution is 2.44. The number of ether oxygens (including phenoxy) is 1. The number of nitrogen functional groups attached to an aromatic ring is 1. The van der Waals surface area contributed by atoms with Gasteiger partial charge in [-0.1, -0.05) is 11.3 Å². The van der Waals surface area contributed by atoms with Crippen LogP contribution in [0.25, 0.3) is 32.2 Å². The molecule has 2 fully saturated rings. The van der Waals surface area contributed by atoms with Crippen LogP contribution in [0, 0.1) is 5.82 Å². The molecule has 12 heteroatoms. The van der Waals surface area contributed by atoms with Gasteiger partial charge in [-0.3, -0.25) is 0 Å². The molecular weight excluding hydrogens is 484 g/mol. The fourth-order valence-corrected chi connectivity index (χ4v) is 5.87. The first-order valence-corrected chi connectivity index (χ1v) is 11.9. The van der Waals surface area contributed by atoms with Gasteiger partial charge in [0.2, 0.25) is 0 Å². The second-order valence-electron chi connectivity index (χ2n) is 8.81. The van der Waals surface area contributed by atoms with Crippen LogP contribution in [0.15, 0.2) is 24.3 Å². The molecule has 2 unspecified atom stereocenters. The maximum Gasteiger partial charge on any atom is 0.417 e. The first kappa shape index (κ1) is 22.2. The molecule has 2 aliphatic heterocycles. The topological polar surface area (TPSA) is 89.2 Å². The van der Waals surface area contributed by atoms with Crippen molar-refractivity contribution in [3.05, 3.63) is 35.6 Å². The summed E-state index contributed by atoms with van der Waals surface area (Å²) in [6, 6.07) is 5.43. The Kier molecular flexibility index (Phi) is 5.01. The Hall–Kier alpha value is -3.25. The van der Waals surface area contributed by atoms with Crippen molar-refractivity contribution in [3.8, 4) is 17.1 Å². The molecule has 3 N–H and O–H groups in total. The average molecular weight is 505 g/mol. The van der Waals surface area contributed by atoms with Crippen LogP contribution in [-0.4, -0.2) is 47.2 Å². The van der Waals surface area contributed by atoms with Gasteiger partial charge in [-0.05, 0) is 42.7 Å². The quantitative estimate of drug-likeness (QED) is 0.395. The Morgan fingerprint density at radius 2 is 1.83 bits per heavy atom. The summed E-state index contributed by atoms with van der Waals surface area (Å²) in [6.07, 6.45) is -2.67. The molecule has 35 heavy (non-hydrogen) atoms. The minimum Gasteiger partial charge on any atom is -0.467 e. The molecule has 182 valence electrons. The number of alkyl halides is 3. The molecule has 0 amide bonds. The maximum absolute atomic E-state index is 14.4. The van der Waals surface area contributed by atoms with Crippen molar-refractivity contribution in [1.82, 2.24) is 20.3 Å². The molecular formula is C23H20F4N6OS. The fraction of sp³-hybridized carbons (Fsp3) is 0.348. The number of rotatable bonds is 3. The number of methoxy groups -OCH3 is 1. The molecule has 0 saturated carbocycles. The number of nitrogens with two attached hydrogens (primary N) is 1. The zero-order valence-corrected chi connectivity index (χ0v) is 19.3. The minimum absolute atomic E-state index is 0.0613. The van der Waals surface area contributed by atoms with E-state index in [2.05, 4.69) is 20.3 Å².